The predicted molar refractivity (Wildman–Crippen MR) is 81.2 cm³/mol. The van der Waals surface area contributed by atoms with E-state index in [0.29, 0.717) is 12.6 Å². The van der Waals surface area contributed by atoms with E-state index < -0.39 is 0 Å². The van der Waals surface area contributed by atoms with E-state index in [1.54, 1.807) is 0 Å². The third kappa shape index (κ3) is 3.45. The number of H-pyrrole nitrogens is 2. The Morgan fingerprint density at radius 3 is 2.71 bits per heavy atom. The molecule has 0 spiro atoms. The molecular weight excluding hydrogens is 268 g/mol. The summed E-state index contributed by atoms with van der Waals surface area (Å²) in [6.07, 6.45) is 5.81. The highest BCUT2D eigenvalue weighted by atomic mass is 16.2. The minimum atomic E-state index is -0.217. The van der Waals surface area contributed by atoms with Gasteiger partial charge >= 0.3 is 11.7 Å². The summed E-state index contributed by atoms with van der Waals surface area (Å²) in [5, 5.41) is 5.88. The lowest BCUT2D eigenvalue weighted by atomic mass is 9.96. The van der Waals surface area contributed by atoms with Gasteiger partial charge < -0.3 is 20.6 Å². The number of benzene rings is 1. The number of carbonyl (C=O) groups excluding carboxylic acids is 1. The highest BCUT2D eigenvalue weighted by Crippen LogP contribution is 2.17. The van der Waals surface area contributed by atoms with Gasteiger partial charge in [-0.2, -0.15) is 0 Å². The van der Waals surface area contributed by atoms with Crippen LogP contribution in [-0.4, -0.2) is 22.0 Å². The second-order valence-electron chi connectivity index (χ2n) is 5.62. The van der Waals surface area contributed by atoms with E-state index in [1.807, 2.05) is 18.2 Å². The van der Waals surface area contributed by atoms with E-state index in [-0.39, 0.29) is 11.7 Å². The van der Waals surface area contributed by atoms with Crippen LogP contribution in [0.4, 0.5) is 4.79 Å². The van der Waals surface area contributed by atoms with Crippen molar-refractivity contribution >= 4 is 17.1 Å². The number of imidazole rings is 1. The fourth-order valence-corrected chi connectivity index (χ4v) is 2.86. The first-order valence-corrected chi connectivity index (χ1v) is 7.46. The Morgan fingerprint density at radius 2 is 1.90 bits per heavy atom. The molecule has 1 fully saturated rings. The third-order valence-corrected chi connectivity index (χ3v) is 3.97. The molecule has 3 rings (SSSR count). The third-order valence-electron chi connectivity index (χ3n) is 3.97. The molecular formula is C15H20N4O2. The molecule has 112 valence electrons. The van der Waals surface area contributed by atoms with Gasteiger partial charge in [0.25, 0.3) is 0 Å². The Bertz CT molecular complexity index is 682. The summed E-state index contributed by atoms with van der Waals surface area (Å²) >= 11 is 0. The molecule has 6 heteroatoms. The van der Waals surface area contributed by atoms with E-state index >= 15 is 0 Å². The molecule has 0 atom stereocenters. The molecule has 1 aliphatic carbocycles. The monoisotopic (exact) mass is 288 g/mol. The molecule has 0 aliphatic heterocycles. The Balaban J connectivity index is 1.55. The van der Waals surface area contributed by atoms with Crippen molar-refractivity contribution in [2.45, 2.75) is 44.7 Å². The van der Waals surface area contributed by atoms with Crippen LogP contribution in [0.2, 0.25) is 0 Å². The van der Waals surface area contributed by atoms with Gasteiger partial charge in [0.2, 0.25) is 0 Å². The number of carbonyl (C=O) groups is 1. The molecule has 4 N–H and O–H groups in total. The van der Waals surface area contributed by atoms with Gasteiger partial charge in [-0.25, -0.2) is 9.59 Å². The zero-order chi connectivity index (χ0) is 14.7. The Labute approximate surface area is 122 Å². The van der Waals surface area contributed by atoms with Crippen LogP contribution >= 0.6 is 0 Å². The van der Waals surface area contributed by atoms with Crippen LogP contribution in [0.3, 0.4) is 0 Å². The first-order chi connectivity index (χ1) is 10.2. The summed E-state index contributed by atoms with van der Waals surface area (Å²) in [5.41, 5.74) is 2.27. The van der Waals surface area contributed by atoms with Crippen molar-refractivity contribution in [3.8, 4) is 0 Å². The number of nitrogens with one attached hydrogen (secondary N) is 4. The standard InChI is InChI=1S/C15H20N4O2/c20-14(17-11-4-2-1-3-5-11)16-9-10-6-7-12-13(8-10)19-15(21)18-12/h6-8,11H,1-5,9H2,(H2,16,17,20)(H2,18,19,21). The highest BCUT2D eigenvalue weighted by molar-refractivity contribution is 5.76. The van der Waals surface area contributed by atoms with Crippen molar-refractivity contribution in [3.63, 3.8) is 0 Å². The average Bonchev–Trinajstić information content (AvgIpc) is 2.85. The number of fused-ring (bicyclic) bond motifs is 1. The maximum absolute atomic E-state index is 11.9. The van der Waals surface area contributed by atoms with Gasteiger partial charge in [-0.1, -0.05) is 25.3 Å². The number of rotatable bonds is 3. The minimum Gasteiger partial charge on any atom is -0.335 e. The van der Waals surface area contributed by atoms with Gasteiger partial charge in [0.1, 0.15) is 0 Å². The number of hydrogen-bond donors (Lipinski definition) is 4. The molecule has 2 aromatic rings. The van der Waals surface area contributed by atoms with Crippen LogP contribution < -0.4 is 16.3 Å². The van der Waals surface area contributed by atoms with E-state index in [4.69, 9.17) is 0 Å². The Morgan fingerprint density at radius 1 is 1.14 bits per heavy atom. The average molecular weight is 288 g/mol. The summed E-state index contributed by atoms with van der Waals surface area (Å²) in [7, 11) is 0. The SMILES string of the molecule is O=C(NCc1ccc2[nH]c(=O)[nH]c2c1)NC1CCCCC1. The van der Waals surface area contributed by atoms with E-state index in [9.17, 15) is 9.59 Å². The predicted octanol–water partition coefficient (Wildman–Crippen LogP) is 1.99. The van der Waals surface area contributed by atoms with Crippen molar-refractivity contribution < 1.29 is 4.79 Å². The quantitative estimate of drug-likeness (QED) is 0.695. The molecule has 2 amide bonds. The maximum Gasteiger partial charge on any atom is 0.323 e. The number of amides is 2. The first kappa shape index (κ1) is 13.7. The number of aromatic nitrogens is 2. The van der Waals surface area contributed by atoms with Crippen molar-refractivity contribution in [2.75, 3.05) is 0 Å². The van der Waals surface area contributed by atoms with Crippen molar-refractivity contribution in [3.05, 3.63) is 34.2 Å². The van der Waals surface area contributed by atoms with Crippen LogP contribution in [0, 0.1) is 0 Å². The lowest BCUT2D eigenvalue weighted by Crippen LogP contribution is -2.42. The number of aromatic amines is 2. The fraction of sp³-hybridized carbons (Fsp3) is 0.467. The molecule has 1 aromatic carbocycles. The second kappa shape index (κ2) is 6.03. The minimum absolute atomic E-state index is 0.121. The topological polar surface area (TPSA) is 89.8 Å². The molecule has 1 heterocycles. The van der Waals surface area contributed by atoms with Gasteiger partial charge in [-0.05, 0) is 30.5 Å². The van der Waals surface area contributed by atoms with Crippen LogP contribution in [0.5, 0.6) is 0 Å². The molecule has 0 unspecified atom stereocenters. The van der Waals surface area contributed by atoms with Crippen LogP contribution in [-0.2, 0) is 6.54 Å². The zero-order valence-electron chi connectivity index (χ0n) is 11.9. The lowest BCUT2D eigenvalue weighted by molar-refractivity contribution is 0.232. The van der Waals surface area contributed by atoms with Gasteiger partial charge in [0.15, 0.2) is 0 Å². The molecule has 0 bridgehead atoms. The van der Waals surface area contributed by atoms with E-state index in [2.05, 4.69) is 20.6 Å². The largest absolute Gasteiger partial charge is 0.335 e. The zero-order valence-corrected chi connectivity index (χ0v) is 11.9. The lowest BCUT2D eigenvalue weighted by Gasteiger charge is -2.22. The number of urea groups is 1. The summed E-state index contributed by atoms with van der Waals surface area (Å²) < 4.78 is 0. The van der Waals surface area contributed by atoms with Crippen molar-refractivity contribution in [1.82, 2.24) is 20.6 Å². The molecule has 1 aromatic heterocycles. The molecule has 0 saturated heterocycles. The molecule has 1 aliphatic rings. The van der Waals surface area contributed by atoms with Crippen molar-refractivity contribution in [2.24, 2.45) is 0 Å². The van der Waals surface area contributed by atoms with Gasteiger partial charge in [-0.15, -0.1) is 0 Å². The summed E-state index contributed by atoms with van der Waals surface area (Å²) in [6, 6.07) is 5.79. The van der Waals surface area contributed by atoms with E-state index in [0.717, 1.165) is 29.4 Å². The smallest absolute Gasteiger partial charge is 0.323 e. The van der Waals surface area contributed by atoms with Crippen LogP contribution in [0.1, 0.15) is 37.7 Å². The molecule has 0 radical (unpaired) electrons. The molecule has 1 saturated carbocycles. The highest BCUT2D eigenvalue weighted by Gasteiger charge is 2.15. The van der Waals surface area contributed by atoms with Gasteiger partial charge in [-0.3, -0.25) is 0 Å². The van der Waals surface area contributed by atoms with Gasteiger partial charge in [0.05, 0.1) is 11.0 Å². The maximum atomic E-state index is 11.9. The molecule has 6 nitrogen and oxygen atoms in total. The summed E-state index contributed by atoms with van der Waals surface area (Å²) in [6.45, 7) is 0.446. The normalized spacial score (nSPS) is 16.0. The van der Waals surface area contributed by atoms with E-state index in [1.165, 1.54) is 19.3 Å². The summed E-state index contributed by atoms with van der Waals surface area (Å²) in [5.74, 6) is 0. The van der Waals surface area contributed by atoms with Crippen molar-refractivity contribution in [1.29, 1.82) is 0 Å². The van der Waals surface area contributed by atoms with Crippen LogP contribution in [0.25, 0.3) is 11.0 Å². The summed E-state index contributed by atoms with van der Waals surface area (Å²) in [4.78, 5) is 28.5. The van der Waals surface area contributed by atoms with Gasteiger partial charge in [0, 0.05) is 12.6 Å². The van der Waals surface area contributed by atoms with Crippen LogP contribution in [0.15, 0.2) is 23.0 Å². The Hall–Kier alpha value is -2.24. The number of hydrogen-bond acceptors (Lipinski definition) is 2. The first-order valence-electron chi connectivity index (χ1n) is 7.46. The second-order valence-corrected chi connectivity index (χ2v) is 5.62. The molecule has 21 heavy (non-hydrogen) atoms. The Kier molecular flexibility index (Phi) is 3.94. The fourth-order valence-electron chi connectivity index (χ4n) is 2.86.